The Bertz CT molecular complexity index is 20.9. The van der Waals surface area contributed by atoms with Gasteiger partial charge in [0.05, 0.1) is 0 Å². The van der Waals surface area contributed by atoms with E-state index in [4.69, 9.17) is 0 Å². The molecule has 0 unspecified atom stereocenters. The predicted molar refractivity (Wildman–Crippen MR) is 30.7 cm³/mol. The predicted octanol–water partition coefficient (Wildman–Crippen LogP) is -0.425. The van der Waals surface area contributed by atoms with E-state index in [0.29, 0.717) is 0 Å². The van der Waals surface area contributed by atoms with Gasteiger partial charge in [-0.15, -0.1) is 0 Å². The molecule has 5 heavy (non-hydrogen) atoms. The van der Waals surface area contributed by atoms with Crippen LogP contribution in [0.15, 0.2) is 12.7 Å². The molecule has 0 amide bonds. The van der Waals surface area contributed by atoms with Crippen LogP contribution in [0.1, 0.15) is 0 Å². The first-order chi connectivity index (χ1) is 1.91. The van der Waals surface area contributed by atoms with Crippen molar-refractivity contribution >= 4 is 27.5 Å². The van der Waals surface area contributed by atoms with Crippen molar-refractivity contribution in [3.8, 4) is 0 Å². The molecule has 0 fully saturated rings. The Balaban J connectivity index is 0. The molecule has 0 spiro atoms. The maximum absolute atomic E-state index is 3.48. The van der Waals surface area contributed by atoms with Crippen LogP contribution < -0.4 is 0 Å². The topological polar surface area (TPSA) is 0 Å². The van der Waals surface area contributed by atoms with Crippen LogP contribution in [0.25, 0.3) is 0 Å². The van der Waals surface area contributed by atoms with Gasteiger partial charge in [-0.3, -0.25) is 0 Å². The Kier molecular flexibility index (Phi) is 16.0. The van der Waals surface area contributed by atoms with E-state index < -0.39 is 0 Å². The maximum atomic E-state index is 3.48. The first-order valence-corrected chi connectivity index (χ1v) is 2.65. The van der Waals surface area contributed by atoms with Crippen LogP contribution in [0.3, 0.4) is 0 Å². The van der Waals surface area contributed by atoms with Gasteiger partial charge in [0.2, 0.25) is 0 Å². The van der Waals surface area contributed by atoms with Crippen molar-refractivity contribution in [1.29, 1.82) is 0 Å². The van der Waals surface area contributed by atoms with Gasteiger partial charge in [0, 0.05) is 0 Å². The summed E-state index contributed by atoms with van der Waals surface area (Å²) in [4.78, 5) is 0. The molecule has 0 saturated heterocycles. The van der Waals surface area contributed by atoms with Gasteiger partial charge in [0.1, 0.15) is 0 Å². The van der Waals surface area contributed by atoms with Crippen LogP contribution in [0, 0.1) is 0 Å². The third-order valence-electron chi connectivity index (χ3n) is 0.144. The van der Waals surface area contributed by atoms with Gasteiger partial charge in [0.25, 0.3) is 0 Å². The first-order valence-electron chi connectivity index (χ1n) is 1.17. The fourth-order valence-electron chi connectivity index (χ4n) is 0. The summed E-state index contributed by atoms with van der Waals surface area (Å²) >= 11 is 2.06. The van der Waals surface area contributed by atoms with E-state index in [1.807, 2.05) is 6.08 Å². The third-order valence-corrected chi connectivity index (χ3v) is 0.750. The van der Waals surface area contributed by atoms with Gasteiger partial charge in [-0.25, -0.2) is 0 Å². The van der Waals surface area contributed by atoms with Crippen molar-refractivity contribution in [1.82, 2.24) is 0 Å². The zero-order valence-electron chi connectivity index (χ0n) is 3.49. The molecular weight excluding hydrogens is 137 g/mol. The Morgan fingerprint density at radius 3 is 2.00 bits per heavy atom. The monoisotopic (exact) mass is 146 g/mol. The van der Waals surface area contributed by atoms with Gasteiger partial charge in [0.15, 0.2) is 0 Å². The zero-order valence-corrected chi connectivity index (χ0v) is 7.59. The van der Waals surface area contributed by atoms with E-state index in [-0.39, 0.29) is 11.0 Å². The zero-order chi connectivity index (χ0) is 3.41. The van der Waals surface area contributed by atoms with E-state index in [9.17, 15) is 0 Å². The molecular formula is C3H8GeSi. The summed E-state index contributed by atoms with van der Waals surface area (Å²) in [6.07, 6.45) is 1.88. The fraction of sp³-hybridized carbons (Fsp3) is 0.333. The van der Waals surface area contributed by atoms with E-state index in [1.165, 1.54) is 0 Å². The summed E-state index contributed by atoms with van der Waals surface area (Å²) in [6, 6.07) is 0. The molecule has 0 aromatic heterocycles. The fourth-order valence-corrected chi connectivity index (χ4v) is 0. The van der Waals surface area contributed by atoms with Gasteiger partial charge >= 0.3 is 34.4 Å². The van der Waals surface area contributed by atoms with Crippen molar-refractivity contribution in [2.45, 2.75) is 5.25 Å². The number of rotatable bonds is 1. The summed E-state index contributed by atoms with van der Waals surface area (Å²) < 4.78 is 0. The minimum Gasteiger partial charge on any atom is -0.0125 e. The van der Waals surface area contributed by atoms with Crippen LogP contribution >= 0.6 is 0 Å². The molecule has 0 bridgehead atoms. The van der Waals surface area contributed by atoms with Crippen LogP contribution in [-0.4, -0.2) is 27.5 Å². The molecule has 0 saturated carbocycles. The standard InChI is InChI=1S/C3H5Ge.H3Si/c1-2-3-4;/h2H,1,3H2;1H3. The van der Waals surface area contributed by atoms with Crippen LogP contribution in [-0.2, 0) is 0 Å². The molecule has 0 atom stereocenters. The van der Waals surface area contributed by atoms with Crippen LogP contribution in [0.2, 0.25) is 5.25 Å². The normalized spacial score (nSPS) is 5.00. The molecule has 0 aliphatic heterocycles. The SMILES string of the molecule is C=C[CH2][Ge].[SiH3]. The molecule has 0 heterocycles. The Morgan fingerprint density at radius 1 is 1.80 bits per heavy atom. The second-order valence-electron chi connectivity index (χ2n) is 0.493. The van der Waals surface area contributed by atoms with E-state index >= 15 is 0 Å². The van der Waals surface area contributed by atoms with Gasteiger partial charge < -0.3 is 0 Å². The van der Waals surface area contributed by atoms with E-state index in [2.05, 4.69) is 23.1 Å². The van der Waals surface area contributed by atoms with E-state index in [1.54, 1.807) is 0 Å². The van der Waals surface area contributed by atoms with Crippen LogP contribution in [0.5, 0.6) is 0 Å². The van der Waals surface area contributed by atoms with Gasteiger partial charge in [-0.2, -0.15) is 0 Å². The molecule has 0 aliphatic rings. The van der Waals surface area contributed by atoms with Gasteiger partial charge in [-0.05, 0) is 11.0 Å². The van der Waals surface area contributed by atoms with Crippen molar-refractivity contribution in [2.24, 2.45) is 0 Å². The number of hydrogen-bond acceptors (Lipinski definition) is 0. The third kappa shape index (κ3) is 12.5. The molecule has 0 aliphatic carbocycles. The van der Waals surface area contributed by atoms with Crippen molar-refractivity contribution in [2.75, 3.05) is 0 Å². The second kappa shape index (κ2) is 8.82. The van der Waals surface area contributed by atoms with E-state index in [0.717, 1.165) is 5.25 Å². The second-order valence-corrected chi connectivity index (χ2v) is 1.35. The summed E-state index contributed by atoms with van der Waals surface area (Å²) in [5.74, 6) is 0. The quantitative estimate of drug-likeness (QED) is 0.347. The average Bonchev–Trinajstić information content (AvgIpc) is 1.37. The molecule has 28 valence electrons. The summed E-state index contributed by atoms with van der Waals surface area (Å²) in [6.45, 7) is 3.48. The molecule has 4 radical (unpaired) electrons. The molecule has 0 aromatic rings. The minimum atomic E-state index is 0. The van der Waals surface area contributed by atoms with Crippen molar-refractivity contribution in [3.05, 3.63) is 12.7 Å². The molecule has 0 aromatic carbocycles. The average molecular weight is 145 g/mol. The summed E-state index contributed by atoms with van der Waals surface area (Å²) in [5.41, 5.74) is 0. The Morgan fingerprint density at radius 2 is 2.00 bits per heavy atom. The Hall–Kier alpha value is 0.500. The Labute approximate surface area is 45.9 Å². The summed E-state index contributed by atoms with van der Waals surface area (Å²) in [7, 11) is 0. The van der Waals surface area contributed by atoms with Crippen molar-refractivity contribution in [3.63, 3.8) is 0 Å². The summed E-state index contributed by atoms with van der Waals surface area (Å²) in [5, 5.41) is 1.08. The van der Waals surface area contributed by atoms with Crippen molar-refractivity contribution < 1.29 is 0 Å². The molecule has 2 heteroatoms. The minimum absolute atomic E-state index is 0. The molecule has 0 N–H and O–H groups in total. The maximum Gasteiger partial charge on any atom is -0.0125 e. The number of hydrogen-bond donors (Lipinski definition) is 0. The molecule has 0 nitrogen and oxygen atoms in total. The smallest absolute Gasteiger partial charge is 0.0125 e. The van der Waals surface area contributed by atoms with Gasteiger partial charge in [-0.1, -0.05) is 0 Å². The van der Waals surface area contributed by atoms with Crippen LogP contribution in [0.4, 0.5) is 0 Å². The largest absolute Gasteiger partial charge is 0.0125 e. The molecule has 0 rings (SSSR count). The first kappa shape index (κ1) is 9.09. The number of allylic oxidation sites excluding steroid dienone is 1.